The van der Waals surface area contributed by atoms with Crippen molar-refractivity contribution in [1.29, 1.82) is 0 Å². The smallest absolute Gasteiger partial charge is 0.269 e. The molecule has 0 aliphatic carbocycles. The van der Waals surface area contributed by atoms with Crippen LogP contribution < -0.4 is 9.64 Å². The van der Waals surface area contributed by atoms with Crippen molar-refractivity contribution in [3.8, 4) is 5.75 Å². The van der Waals surface area contributed by atoms with Crippen LogP contribution in [0.3, 0.4) is 0 Å². The minimum atomic E-state index is -0.544. The van der Waals surface area contributed by atoms with Gasteiger partial charge in [0.25, 0.3) is 11.6 Å². The van der Waals surface area contributed by atoms with Crippen LogP contribution in [0, 0.1) is 17.0 Å². The van der Waals surface area contributed by atoms with Crippen molar-refractivity contribution in [1.82, 2.24) is 4.90 Å². The number of para-hydroxylation sites is 1. The third-order valence-corrected chi connectivity index (χ3v) is 4.76. The molecule has 142 valence electrons. The van der Waals surface area contributed by atoms with Gasteiger partial charge in [0, 0.05) is 44.0 Å². The number of amides is 1. The first-order valence-electron chi connectivity index (χ1n) is 8.96. The Morgan fingerprint density at radius 3 is 2.30 bits per heavy atom. The summed E-state index contributed by atoms with van der Waals surface area (Å²) in [4.78, 5) is 27.0. The Hall–Kier alpha value is -3.09. The average Bonchev–Trinajstić information content (AvgIpc) is 2.69. The Kier molecular flexibility index (Phi) is 5.59. The zero-order valence-corrected chi connectivity index (χ0v) is 15.5. The predicted molar refractivity (Wildman–Crippen MR) is 103 cm³/mol. The second-order valence-electron chi connectivity index (χ2n) is 6.61. The Balaban J connectivity index is 1.55. The number of rotatable bonds is 5. The summed E-state index contributed by atoms with van der Waals surface area (Å²) < 4.78 is 5.84. The molecule has 0 saturated carbocycles. The lowest BCUT2D eigenvalue weighted by Crippen LogP contribution is -2.52. The summed E-state index contributed by atoms with van der Waals surface area (Å²) in [5.74, 6) is 0.699. The molecule has 7 heteroatoms. The number of nitro groups is 1. The molecular formula is C20H23N3O4. The van der Waals surface area contributed by atoms with E-state index in [1.54, 1.807) is 19.1 Å². The quantitative estimate of drug-likeness (QED) is 0.598. The molecule has 1 aliphatic rings. The van der Waals surface area contributed by atoms with E-state index in [2.05, 4.69) is 4.90 Å². The summed E-state index contributed by atoms with van der Waals surface area (Å²) >= 11 is 0. The van der Waals surface area contributed by atoms with Crippen LogP contribution in [0.15, 0.2) is 48.5 Å². The number of non-ortho nitro benzene ring substituents is 1. The van der Waals surface area contributed by atoms with Gasteiger partial charge in [0.1, 0.15) is 5.75 Å². The highest BCUT2D eigenvalue weighted by Crippen LogP contribution is 2.22. The summed E-state index contributed by atoms with van der Waals surface area (Å²) in [7, 11) is 0. The Morgan fingerprint density at radius 1 is 1.07 bits per heavy atom. The number of carbonyl (C=O) groups is 1. The maximum atomic E-state index is 12.7. The zero-order chi connectivity index (χ0) is 19.4. The van der Waals surface area contributed by atoms with Crippen LogP contribution in [0.25, 0.3) is 0 Å². The molecule has 1 atom stereocenters. The van der Waals surface area contributed by atoms with Crippen molar-refractivity contribution in [2.75, 3.05) is 31.1 Å². The highest BCUT2D eigenvalue weighted by atomic mass is 16.6. The van der Waals surface area contributed by atoms with Crippen LogP contribution in [0.4, 0.5) is 11.4 Å². The SMILES string of the molecule is Cc1ccccc1O[C@H](C)C(=O)N1CCN(c2ccc([N+](=O)[O-])cc2)CC1. The standard InChI is InChI=1S/C20H23N3O4/c1-15-5-3-4-6-19(15)27-16(2)20(24)22-13-11-21(12-14-22)17-7-9-18(10-8-17)23(25)26/h3-10,16H,11-14H2,1-2H3/t16-/m1/s1. The van der Waals surface area contributed by atoms with Crippen LogP contribution >= 0.6 is 0 Å². The van der Waals surface area contributed by atoms with E-state index >= 15 is 0 Å². The minimum Gasteiger partial charge on any atom is -0.481 e. The van der Waals surface area contributed by atoms with Crippen molar-refractivity contribution in [3.05, 3.63) is 64.2 Å². The molecule has 0 spiro atoms. The normalized spacial score (nSPS) is 15.3. The summed E-state index contributed by atoms with van der Waals surface area (Å²) in [6, 6.07) is 14.2. The molecule has 0 unspecified atom stereocenters. The first-order chi connectivity index (χ1) is 13.0. The van der Waals surface area contributed by atoms with Crippen LogP contribution in [0.2, 0.25) is 0 Å². The van der Waals surface area contributed by atoms with Crippen LogP contribution in [0.1, 0.15) is 12.5 Å². The van der Waals surface area contributed by atoms with Crippen molar-refractivity contribution >= 4 is 17.3 Å². The second-order valence-corrected chi connectivity index (χ2v) is 6.61. The third kappa shape index (κ3) is 4.36. The Morgan fingerprint density at radius 2 is 1.70 bits per heavy atom. The monoisotopic (exact) mass is 369 g/mol. The van der Waals surface area contributed by atoms with E-state index in [9.17, 15) is 14.9 Å². The molecular weight excluding hydrogens is 346 g/mol. The molecule has 1 fully saturated rings. The van der Waals surface area contributed by atoms with Gasteiger partial charge in [-0.1, -0.05) is 18.2 Å². The molecule has 7 nitrogen and oxygen atoms in total. The lowest BCUT2D eigenvalue weighted by Gasteiger charge is -2.37. The van der Waals surface area contributed by atoms with E-state index in [1.807, 2.05) is 36.1 Å². The van der Waals surface area contributed by atoms with E-state index in [0.29, 0.717) is 26.2 Å². The number of ether oxygens (including phenoxy) is 1. The molecule has 0 N–H and O–H groups in total. The third-order valence-electron chi connectivity index (χ3n) is 4.76. The van der Waals surface area contributed by atoms with Gasteiger partial charge in [-0.3, -0.25) is 14.9 Å². The van der Waals surface area contributed by atoms with Gasteiger partial charge in [0.05, 0.1) is 4.92 Å². The number of piperazine rings is 1. The van der Waals surface area contributed by atoms with E-state index in [4.69, 9.17) is 4.74 Å². The van der Waals surface area contributed by atoms with Crippen molar-refractivity contribution < 1.29 is 14.5 Å². The lowest BCUT2D eigenvalue weighted by atomic mass is 10.2. The van der Waals surface area contributed by atoms with E-state index < -0.39 is 11.0 Å². The summed E-state index contributed by atoms with van der Waals surface area (Å²) in [6.45, 7) is 6.28. The minimum absolute atomic E-state index is 0.0263. The zero-order valence-electron chi connectivity index (χ0n) is 15.5. The number of nitrogens with zero attached hydrogens (tertiary/aromatic N) is 3. The van der Waals surface area contributed by atoms with Crippen molar-refractivity contribution in [2.45, 2.75) is 20.0 Å². The fraction of sp³-hybridized carbons (Fsp3) is 0.350. The van der Waals surface area contributed by atoms with Gasteiger partial charge in [-0.05, 0) is 37.6 Å². The fourth-order valence-electron chi connectivity index (χ4n) is 3.16. The van der Waals surface area contributed by atoms with Crippen LogP contribution in [-0.4, -0.2) is 48.0 Å². The summed E-state index contributed by atoms with van der Waals surface area (Å²) in [6.07, 6.45) is -0.544. The number of hydrogen-bond acceptors (Lipinski definition) is 5. The first kappa shape index (κ1) is 18.7. The number of aryl methyl sites for hydroxylation is 1. The molecule has 2 aromatic rings. The molecule has 1 amide bonds. The topological polar surface area (TPSA) is 75.9 Å². The molecule has 27 heavy (non-hydrogen) atoms. The average molecular weight is 369 g/mol. The highest BCUT2D eigenvalue weighted by Gasteiger charge is 2.26. The van der Waals surface area contributed by atoms with Crippen LogP contribution in [-0.2, 0) is 4.79 Å². The van der Waals surface area contributed by atoms with E-state index in [1.165, 1.54) is 12.1 Å². The maximum absolute atomic E-state index is 12.7. The molecule has 0 bridgehead atoms. The number of carbonyl (C=O) groups excluding carboxylic acids is 1. The van der Waals surface area contributed by atoms with Crippen molar-refractivity contribution in [2.24, 2.45) is 0 Å². The number of nitro benzene ring substituents is 1. The largest absolute Gasteiger partial charge is 0.481 e. The Labute approximate surface area is 158 Å². The number of benzene rings is 2. The summed E-state index contributed by atoms with van der Waals surface area (Å²) in [5.41, 5.74) is 2.01. The van der Waals surface area contributed by atoms with Gasteiger partial charge in [0.15, 0.2) is 6.10 Å². The molecule has 1 saturated heterocycles. The molecule has 0 aromatic heterocycles. The number of hydrogen-bond donors (Lipinski definition) is 0. The van der Waals surface area contributed by atoms with E-state index in [-0.39, 0.29) is 11.6 Å². The van der Waals surface area contributed by atoms with Gasteiger partial charge >= 0.3 is 0 Å². The first-order valence-corrected chi connectivity index (χ1v) is 8.96. The van der Waals surface area contributed by atoms with E-state index in [0.717, 1.165) is 17.0 Å². The molecule has 2 aromatic carbocycles. The van der Waals surface area contributed by atoms with Gasteiger partial charge in [-0.15, -0.1) is 0 Å². The van der Waals surface area contributed by atoms with Gasteiger partial charge in [0.2, 0.25) is 0 Å². The van der Waals surface area contributed by atoms with Gasteiger partial charge < -0.3 is 14.5 Å². The maximum Gasteiger partial charge on any atom is 0.269 e. The fourth-order valence-corrected chi connectivity index (χ4v) is 3.16. The molecule has 1 heterocycles. The molecule has 0 radical (unpaired) electrons. The second kappa shape index (κ2) is 8.07. The lowest BCUT2D eigenvalue weighted by molar-refractivity contribution is -0.384. The predicted octanol–water partition coefficient (Wildman–Crippen LogP) is 3.02. The Bertz CT molecular complexity index is 814. The number of anilines is 1. The summed E-state index contributed by atoms with van der Waals surface area (Å²) in [5, 5.41) is 10.8. The van der Waals surface area contributed by atoms with Gasteiger partial charge in [-0.2, -0.15) is 0 Å². The van der Waals surface area contributed by atoms with Gasteiger partial charge in [-0.25, -0.2) is 0 Å². The molecule has 1 aliphatic heterocycles. The van der Waals surface area contributed by atoms with Crippen molar-refractivity contribution in [3.63, 3.8) is 0 Å². The molecule has 3 rings (SSSR count). The highest BCUT2D eigenvalue weighted by molar-refractivity contribution is 5.81. The van der Waals surface area contributed by atoms with Crippen LogP contribution in [0.5, 0.6) is 5.75 Å².